The van der Waals surface area contributed by atoms with Crippen molar-refractivity contribution in [3.63, 3.8) is 0 Å². The molecule has 1 heterocycles. The lowest BCUT2D eigenvalue weighted by Crippen LogP contribution is -2.19. The Morgan fingerprint density at radius 3 is 2.67 bits per heavy atom. The molecule has 4 rings (SSSR count). The minimum atomic E-state index is -0.562. The number of nitrogens with zero attached hydrogens (tertiary/aromatic N) is 2. The summed E-state index contributed by atoms with van der Waals surface area (Å²) in [4.78, 5) is 29.4. The van der Waals surface area contributed by atoms with Crippen molar-refractivity contribution in [1.29, 1.82) is 0 Å². The normalized spacial score (nSPS) is 10.9. The van der Waals surface area contributed by atoms with Gasteiger partial charge in [-0.25, -0.2) is 15.2 Å². The molecule has 8 nitrogen and oxygen atoms in total. The number of amides is 1. The van der Waals surface area contributed by atoms with Crippen LogP contribution in [0.5, 0.6) is 17.2 Å². The molecule has 10 heteroatoms. The Morgan fingerprint density at radius 1 is 1.06 bits per heavy atom. The van der Waals surface area contributed by atoms with Crippen LogP contribution < -0.4 is 19.6 Å². The molecule has 0 aliphatic heterocycles. The third-order valence-corrected chi connectivity index (χ3v) is 6.98. The van der Waals surface area contributed by atoms with Gasteiger partial charge < -0.3 is 14.2 Å². The zero-order valence-electron chi connectivity index (χ0n) is 19.6. The highest BCUT2D eigenvalue weighted by molar-refractivity contribution is 8.01. The molecule has 1 aromatic heterocycles. The van der Waals surface area contributed by atoms with E-state index in [9.17, 15) is 9.59 Å². The van der Waals surface area contributed by atoms with Gasteiger partial charge in [-0.15, -0.1) is 11.3 Å². The van der Waals surface area contributed by atoms with E-state index in [-0.39, 0.29) is 17.4 Å². The van der Waals surface area contributed by atoms with Crippen LogP contribution in [-0.4, -0.2) is 42.5 Å². The summed E-state index contributed by atoms with van der Waals surface area (Å²) in [5.41, 5.74) is 4.40. The average Bonchev–Trinajstić information content (AvgIpc) is 3.32. The number of para-hydroxylation sites is 2. The highest BCUT2D eigenvalue weighted by Crippen LogP contribution is 2.30. The Bertz CT molecular complexity index is 1370. The third kappa shape index (κ3) is 6.41. The van der Waals surface area contributed by atoms with Crippen LogP contribution >= 0.6 is 23.1 Å². The number of benzene rings is 3. The summed E-state index contributed by atoms with van der Waals surface area (Å²) < 4.78 is 18.3. The summed E-state index contributed by atoms with van der Waals surface area (Å²) in [5.74, 6) is 0.444. The fraction of sp³-hybridized carbons (Fsp3) is 0.154. The van der Waals surface area contributed by atoms with Crippen LogP contribution in [0.4, 0.5) is 0 Å². The molecule has 0 radical (unpaired) electrons. The minimum absolute atomic E-state index is 0.194. The molecule has 0 saturated carbocycles. The van der Waals surface area contributed by atoms with Gasteiger partial charge in [0.15, 0.2) is 15.8 Å². The molecule has 184 valence electrons. The van der Waals surface area contributed by atoms with Crippen molar-refractivity contribution in [2.45, 2.75) is 11.3 Å². The maximum Gasteiger partial charge on any atom is 0.347 e. The van der Waals surface area contributed by atoms with Crippen molar-refractivity contribution in [3.8, 4) is 17.2 Å². The number of hydrazone groups is 1. The van der Waals surface area contributed by atoms with Crippen molar-refractivity contribution in [3.05, 3.63) is 77.9 Å². The Balaban J connectivity index is 1.36. The summed E-state index contributed by atoms with van der Waals surface area (Å²) in [6.45, 7) is 2.20. The number of carbonyl (C=O) groups is 2. The van der Waals surface area contributed by atoms with Gasteiger partial charge in [-0.2, -0.15) is 5.10 Å². The van der Waals surface area contributed by atoms with Crippen LogP contribution in [0, 0.1) is 0 Å². The van der Waals surface area contributed by atoms with Crippen LogP contribution in [0.2, 0.25) is 0 Å². The number of fused-ring (bicyclic) bond motifs is 1. The molecule has 0 unspecified atom stereocenters. The first-order valence-corrected chi connectivity index (χ1v) is 12.8. The number of thiazole rings is 1. The SMILES string of the molecule is CCOc1cc(C=NNC(=O)CSc2nc3ccccc3s2)ccc1OC(=O)c1ccccc1OC. The van der Waals surface area contributed by atoms with Crippen molar-refractivity contribution in [2.24, 2.45) is 5.10 Å². The molecular weight excluding hydrogens is 498 g/mol. The molecule has 1 N–H and O–H groups in total. The molecule has 3 aromatic carbocycles. The number of esters is 1. The molecule has 0 saturated heterocycles. The van der Waals surface area contributed by atoms with E-state index in [1.807, 2.05) is 31.2 Å². The monoisotopic (exact) mass is 521 g/mol. The Kier molecular flexibility index (Phi) is 8.53. The summed E-state index contributed by atoms with van der Waals surface area (Å²) in [6, 6.07) is 19.7. The maximum absolute atomic E-state index is 12.7. The van der Waals surface area contributed by atoms with Gasteiger partial charge in [0.05, 0.1) is 35.9 Å². The number of hydrogen-bond acceptors (Lipinski definition) is 9. The van der Waals surface area contributed by atoms with Crippen molar-refractivity contribution in [1.82, 2.24) is 10.4 Å². The molecule has 1 amide bonds. The minimum Gasteiger partial charge on any atom is -0.496 e. The Labute approximate surface area is 216 Å². The number of methoxy groups -OCH3 is 1. The average molecular weight is 522 g/mol. The number of thioether (sulfide) groups is 1. The van der Waals surface area contributed by atoms with E-state index in [2.05, 4.69) is 15.5 Å². The predicted molar refractivity (Wildman–Crippen MR) is 142 cm³/mol. The first-order valence-electron chi connectivity index (χ1n) is 11.0. The van der Waals surface area contributed by atoms with E-state index in [4.69, 9.17) is 14.2 Å². The van der Waals surface area contributed by atoms with E-state index >= 15 is 0 Å². The number of nitrogens with one attached hydrogen (secondary N) is 1. The number of hydrogen-bond donors (Lipinski definition) is 1. The molecule has 0 bridgehead atoms. The van der Waals surface area contributed by atoms with E-state index in [1.165, 1.54) is 25.1 Å². The van der Waals surface area contributed by atoms with Gasteiger partial charge in [-0.3, -0.25) is 4.79 Å². The van der Waals surface area contributed by atoms with Gasteiger partial charge in [0.25, 0.3) is 5.91 Å². The van der Waals surface area contributed by atoms with E-state index < -0.39 is 5.97 Å². The van der Waals surface area contributed by atoms with E-state index in [0.717, 1.165) is 14.6 Å². The topological polar surface area (TPSA) is 99.1 Å². The van der Waals surface area contributed by atoms with Crippen LogP contribution in [0.25, 0.3) is 10.2 Å². The van der Waals surface area contributed by atoms with Gasteiger partial charge >= 0.3 is 5.97 Å². The zero-order valence-corrected chi connectivity index (χ0v) is 21.2. The molecule has 0 atom stereocenters. The molecule has 4 aromatic rings. The maximum atomic E-state index is 12.7. The summed E-state index contributed by atoms with van der Waals surface area (Å²) in [7, 11) is 1.49. The first kappa shape index (κ1) is 25.2. The van der Waals surface area contributed by atoms with Crippen LogP contribution in [0.1, 0.15) is 22.8 Å². The molecule has 0 spiro atoms. The number of ether oxygens (including phenoxy) is 3. The van der Waals surface area contributed by atoms with Gasteiger partial charge in [-0.1, -0.05) is 36.0 Å². The Morgan fingerprint density at radius 2 is 1.86 bits per heavy atom. The predicted octanol–water partition coefficient (Wildman–Crippen LogP) is 5.17. The smallest absolute Gasteiger partial charge is 0.347 e. The molecule has 0 fully saturated rings. The molecule has 36 heavy (non-hydrogen) atoms. The van der Waals surface area contributed by atoms with Gasteiger partial charge in [0.2, 0.25) is 0 Å². The van der Waals surface area contributed by atoms with Crippen LogP contribution in [0.15, 0.2) is 76.2 Å². The molecule has 0 aliphatic rings. The van der Waals surface area contributed by atoms with Gasteiger partial charge in [0.1, 0.15) is 11.3 Å². The van der Waals surface area contributed by atoms with Gasteiger partial charge in [-0.05, 0) is 55.0 Å². The molecule has 0 aliphatic carbocycles. The molecular formula is C26H23N3O5S2. The lowest BCUT2D eigenvalue weighted by Gasteiger charge is -2.12. The number of rotatable bonds is 10. The summed E-state index contributed by atoms with van der Waals surface area (Å²) >= 11 is 2.91. The fourth-order valence-corrected chi connectivity index (χ4v) is 5.04. The standard InChI is InChI=1S/C26H23N3O5S2/c1-3-33-22-14-17(12-13-21(22)34-25(31)18-8-4-6-10-20(18)32-2)15-27-29-24(30)16-35-26-28-19-9-5-7-11-23(19)36-26/h4-15H,3,16H2,1-2H3,(H,29,30). The highest BCUT2D eigenvalue weighted by atomic mass is 32.2. The van der Waals surface area contributed by atoms with Crippen molar-refractivity contribution < 1.29 is 23.8 Å². The Hall–Kier alpha value is -3.89. The zero-order chi connectivity index (χ0) is 25.3. The fourth-order valence-electron chi connectivity index (χ4n) is 3.18. The number of aromatic nitrogens is 1. The second kappa shape index (κ2) is 12.2. The van der Waals surface area contributed by atoms with Gasteiger partial charge in [0, 0.05) is 0 Å². The number of carbonyl (C=O) groups excluding carboxylic acids is 2. The second-order valence-electron chi connectivity index (χ2n) is 7.26. The van der Waals surface area contributed by atoms with Crippen molar-refractivity contribution in [2.75, 3.05) is 19.5 Å². The second-order valence-corrected chi connectivity index (χ2v) is 9.51. The van der Waals surface area contributed by atoms with E-state index in [1.54, 1.807) is 53.8 Å². The lowest BCUT2D eigenvalue weighted by molar-refractivity contribution is -0.118. The lowest BCUT2D eigenvalue weighted by atomic mass is 10.2. The summed E-state index contributed by atoms with van der Waals surface area (Å²) in [5, 5.41) is 4.02. The highest BCUT2D eigenvalue weighted by Gasteiger charge is 2.17. The first-order chi connectivity index (χ1) is 17.6. The summed E-state index contributed by atoms with van der Waals surface area (Å²) in [6.07, 6.45) is 1.49. The largest absolute Gasteiger partial charge is 0.496 e. The quantitative estimate of drug-likeness (QED) is 0.101. The van der Waals surface area contributed by atoms with Crippen molar-refractivity contribution >= 4 is 51.4 Å². The van der Waals surface area contributed by atoms with Crippen LogP contribution in [-0.2, 0) is 4.79 Å². The van der Waals surface area contributed by atoms with E-state index in [0.29, 0.717) is 29.2 Å². The third-order valence-electron chi connectivity index (χ3n) is 4.80. The van der Waals surface area contributed by atoms with Crippen LogP contribution in [0.3, 0.4) is 0 Å².